The number of anilines is 1. The number of hydrogen-bond donors (Lipinski definition) is 0. The molecule has 0 radical (unpaired) electrons. The maximum atomic E-state index is 13.9. The highest BCUT2D eigenvalue weighted by molar-refractivity contribution is 14.1. The fourth-order valence-electron chi connectivity index (χ4n) is 5.37. The van der Waals surface area contributed by atoms with Crippen LogP contribution >= 0.6 is 38.5 Å². The van der Waals surface area contributed by atoms with Crippen LogP contribution in [0.2, 0.25) is 0 Å². The number of imide groups is 1. The van der Waals surface area contributed by atoms with Crippen molar-refractivity contribution in [2.24, 2.45) is 11.8 Å². The van der Waals surface area contributed by atoms with E-state index in [2.05, 4.69) is 38.5 Å². The minimum absolute atomic E-state index is 0.217. The van der Waals surface area contributed by atoms with Crippen LogP contribution in [0.15, 0.2) is 77.3 Å². The fourth-order valence-corrected chi connectivity index (χ4v) is 6.42. The Bertz CT molecular complexity index is 1400. The molecule has 3 atom stereocenters. The maximum Gasteiger partial charge on any atom is 0.241 e. The molecule has 2 saturated heterocycles. The summed E-state index contributed by atoms with van der Waals surface area (Å²) in [5, 5.41) is 0. The van der Waals surface area contributed by atoms with Crippen molar-refractivity contribution in [3.63, 3.8) is 0 Å². The third-order valence-corrected chi connectivity index (χ3v) is 8.20. The molecule has 1 aliphatic carbocycles. The largest absolute Gasteiger partial charge is 0.349 e. The summed E-state index contributed by atoms with van der Waals surface area (Å²) in [6.07, 6.45) is -0.937. The number of ether oxygens (including phenoxy) is 1. The lowest BCUT2D eigenvalue weighted by molar-refractivity contribution is -0.127. The minimum Gasteiger partial charge on any atom is -0.349 e. The highest BCUT2D eigenvalue weighted by Crippen LogP contribution is 2.58. The van der Waals surface area contributed by atoms with Crippen LogP contribution in [0.4, 0.5) is 5.69 Å². The third-order valence-electron chi connectivity index (χ3n) is 6.79. The summed E-state index contributed by atoms with van der Waals surface area (Å²) in [6, 6.07) is 20.7. The van der Waals surface area contributed by atoms with Crippen LogP contribution in [0.1, 0.15) is 32.4 Å². The second-order valence-corrected chi connectivity index (χ2v) is 10.6. The molecule has 6 nitrogen and oxygen atoms in total. The minimum atomic E-state index is -2.07. The van der Waals surface area contributed by atoms with Crippen LogP contribution in [0.25, 0.3) is 0 Å². The van der Waals surface area contributed by atoms with Gasteiger partial charge in [0, 0.05) is 19.2 Å². The Kier molecular flexibility index (Phi) is 4.91. The molecule has 2 amide bonds. The molecule has 1 spiro atoms. The Hall–Kier alpha value is -2.69. The number of Topliss-reactive ketones (excluding diaryl/α,β-unsaturated/α-hetero) is 2. The van der Waals surface area contributed by atoms with Crippen molar-refractivity contribution in [2.75, 3.05) is 4.90 Å². The van der Waals surface area contributed by atoms with Gasteiger partial charge < -0.3 is 4.74 Å². The van der Waals surface area contributed by atoms with Gasteiger partial charge in [0.2, 0.25) is 29.0 Å². The molecule has 3 aliphatic rings. The molecule has 34 heavy (non-hydrogen) atoms. The van der Waals surface area contributed by atoms with E-state index in [1.807, 2.05) is 12.1 Å². The van der Waals surface area contributed by atoms with E-state index in [0.717, 1.165) is 9.37 Å². The first kappa shape index (κ1) is 21.8. The van der Waals surface area contributed by atoms with E-state index in [4.69, 9.17) is 4.74 Å². The Morgan fingerprint density at radius 2 is 1.47 bits per heavy atom. The van der Waals surface area contributed by atoms with Gasteiger partial charge in [-0.1, -0.05) is 64.5 Å². The van der Waals surface area contributed by atoms with Crippen molar-refractivity contribution in [3.05, 3.63) is 97.5 Å². The summed E-state index contributed by atoms with van der Waals surface area (Å²) in [4.78, 5) is 56.3. The topological polar surface area (TPSA) is 80.8 Å². The zero-order valence-corrected chi connectivity index (χ0v) is 21.1. The lowest BCUT2D eigenvalue weighted by Gasteiger charge is -2.27. The van der Waals surface area contributed by atoms with Gasteiger partial charge in [-0.15, -0.1) is 0 Å². The predicted octanol–water partition coefficient (Wildman–Crippen LogP) is 4.75. The van der Waals surface area contributed by atoms with Gasteiger partial charge in [0.15, 0.2) is 0 Å². The Labute approximate surface area is 216 Å². The first-order valence-corrected chi connectivity index (χ1v) is 12.5. The van der Waals surface area contributed by atoms with Gasteiger partial charge >= 0.3 is 0 Å². The molecule has 168 valence electrons. The summed E-state index contributed by atoms with van der Waals surface area (Å²) in [5.74, 6) is -4.46. The lowest BCUT2D eigenvalue weighted by Crippen LogP contribution is -2.51. The van der Waals surface area contributed by atoms with Gasteiger partial charge in [-0.2, -0.15) is 0 Å². The van der Waals surface area contributed by atoms with Gasteiger partial charge in [0.05, 0.1) is 23.6 Å². The van der Waals surface area contributed by atoms with E-state index in [9.17, 15) is 19.2 Å². The SMILES string of the molecule is O=C1[C@H]2[C@@H](C(=O)N1c1ccccc1I)C1(O[C@H]2c2cccc(Br)c2)C(=O)c2ccccc2C1=O. The summed E-state index contributed by atoms with van der Waals surface area (Å²) < 4.78 is 7.76. The van der Waals surface area contributed by atoms with Gasteiger partial charge in [-0.3, -0.25) is 19.2 Å². The average Bonchev–Trinajstić information content (AvgIpc) is 3.40. The smallest absolute Gasteiger partial charge is 0.241 e. The zero-order valence-electron chi connectivity index (χ0n) is 17.4. The normalized spacial score (nSPS) is 24.8. The van der Waals surface area contributed by atoms with Crippen molar-refractivity contribution in [2.45, 2.75) is 11.7 Å². The monoisotopic (exact) mass is 627 g/mol. The number of ketones is 2. The van der Waals surface area contributed by atoms with Gasteiger partial charge in [-0.05, 0) is 52.4 Å². The quantitative estimate of drug-likeness (QED) is 0.233. The summed E-state index contributed by atoms with van der Waals surface area (Å²) in [5.41, 5.74) is -0.582. The fraction of sp³-hybridized carbons (Fsp3) is 0.154. The Morgan fingerprint density at radius 1 is 0.824 bits per heavy atom. The standard InChI is InChI=1S/C26H15BrINO5/c27-14-7-5-6-13(12-14)21-19-20(25(33)29(24(19)32)18-11-4-3-10-17(18)28)26(34-21)22(30)15-8-1-2-9-16(15)23(26)31/h1-12,19-21H/t19-,20-,21-/m0/s1. The Morgan fingerprint density at radius 3 is 2.12 bits per heavy atom. The summed E-state index contributed by atoms with van der Waals surface area (Å²) in [6.45, 7) is 0. The molecule has 3 aromatic carbocycles. The molecule has 0 aromatic heterocycles. The number of benzene rings is 3. The number of fused-ring (bicyclic) bond motifs is 3. The molecule has 2 fully saturated rings. The van der Waals surface area contributed by atoms with Crippen LogP contribution in [0.3, 0.4) is 0 Å². The number of para-hydroxylation sites is 1. The van der Waals surface area contributed by atoms with Crippen LogP contribution in [-0.4, -0.2) is 29.0 Å². The summed E-state index contributed by atoms with van der Waals surface area (Å²) in [7, 11) is 0. The van der Waals surface area contributed by atoms with E-state index < -0.39 is 46.9 Å². The number of carbonyl (C=O) groups excluding carboxylic acids is 4. The number of carbonyl (C=O) groups is 4. The molecular weight excluding hydrogens is 613 g/mol. The van der Waals surface area contributed by atoms with E-state index in [0.29, 0.717) is 14.8 Å². The number of nitrogens with zero attached hydrogens (tertiary/aromatic N) is 1. The average molecular weight is 628 g/mol. The second-order valence-electron chi connectivity index (χ2n) is 8.50. The first-order chi connectivity index (χ1) is 16.4. The summed E-state index contributed by atoms with van der Waals surface area (Å²) >= 11 is 5.50. The molecular formula is C26H15BrINO5. The van der Waals surface area contributed by atoms with Crippen molar-refractivity contribution >= 4 is 67.6 Å². The molecule has 0 saturated carbocycles. The molecule has 6 rings (SSSR count). The van der Waals surface area contributed by atoms with Crippen LogP contribution in [-0.2, 0) is 14.3 Å². The van der Waals surface area contributed by atoms with Crippen molar-refractivity contribution in [3.8, 4) is 0 Å². The third kappa shape index (κ3) is 2.76. The number of rotatable bonds is 2. The highest BCUT2D eigenvalue weighted by Gasteiger charge is 2.74. The second kappa shape index (κ2) is 7.66. The number of hydrogen-bond acceptors (Lipinski definition) is 5. The molecule has 2 aliphatic heterocycles. The molecule has 3 aromatic rings. The Balaban J connectivity index is 1.57. The zero-order chi connectivity index (χ0) is 23.8. The van der Waals surface area contributed by atoms with Crippen molar-refractivity contribution in [1.29, 1.82) is 0 Å². The van der Waals surface area contributed by atoms with E-state index in [1.54, 1.807) is 60.7 Å². The maximum absolute atomic E-state index is 13.9. The van der Waals surface area contributed by atoms with Crippen LogP contribution < -0.4 is 4.90 Å². The molecule has 2 heterocycles. The van der Waals surface area contributed by atoms with Crippen LogP contribution in [0.5, 0.6) is 0 Å². The number of halogens is 2. The van der Waals surface area contributed by atoms with Gasteiger partial charge in [0.1, 0.15) is 0 Å². The molecule has 0 N–H and O–H groups in total. The lowest BCUT2D eigenvalue weighted by atomic mass is 9.77. The molecule has 8 heteroatoms. The van der Waals surface area contributed by atoms with Gasteiger partial charge in [-0.25, -0.2) is 4.90 Å². The van der Waals surface area contributed by atoms with Crippen molar-refractivity contribution < 1.29 is 23.9 Å². The molecule has 0 unspecified atom stereocenters. The molecule has 0 bridgehead atoms. The van der Waals surface area contributed by atoms with Crippen molar-refractivity contribution in [1.82, 2.24) is 0 Å². The van der Waals surface area contributed by atoms with E-state index in [1.165, 1.54) is 0 Å². The van der Waals surface area contributed by atoms with Gasteiger partial charge in [0.25, 0.3) is 0 Å². The first-order valence-electron chi connectivity index (χ1n) is 10.6. The highest BCUT2D eigenvalue weighted by atomic mass is 127. The number of amides is 2. The predicted molar refractivity (Wildman–Crippen MR) is 134 cm³/mol. The van der Waals surface area contributed by atoms with E-state index >= 15 is 0 Å². The van der Waals surface area contributed by atoms with Crippen LogP contribution in [0, 0.1) is 15.4 Å². The van der Waals surface area contributed by atoms with E-state index in [-0.39, 0.29) is 11.1 Å².